The molecule has 13 heavy (non-hydrogen) atoms. The number of benzene rings is 1. The van der Waals surface area contributed by atoms with Crippen molar-refractivity contribution in [1.29, 1.82) is 0 Å². The largest absolute Gasteiger partial charge is 0.494 e. The SMILES string of the molecule is C=C(C)OCc1ccc(NN)cc1. The fraction of sp³-hybridized carbons (Fsp3) is 0.200. The quantitative estimate of drug-likeness (QED) is 0.421. The van der Waals surface area contributed by atoms with Gasteiger partial charge in [-0.2, -0.15) is 0 Å². The number of hydrogen-bond donors (Lipinski definition) is 2. The van der Waals surface area contributed by atoms with Gasteiger partial charge >= 0.3 is 0 Å². The first-order valence-electron chi connectivity index (χ1n) is 4.06. The van der Waals surface area contributed by atoms with Gasteiger partial charge in [0.1, 0.15) is 6.61 Å². The van der Waals surface area contributed by atoms with Crippen LogP contribution in [0.25, 0.3) is 0 Å². The van der Waals surface area contributed by atoms with Crippen LogP contribution in [-0.2, 0) is 11.3 Å². The molecule has 0 bridgehead atoms. The van der Waals surface area contributed by atoms with Gasteiger partial charge in [0, 0.05) is 5.69 Å². The first-order valence-corrected chi connectivity index (χ1v) is 4.06. The molecule has 0 aromatic heterocycles. The second-order valence-electron chi connectivity index (χ2n) is 2.83. The second-order valence-corrected chi connectivity index (χ2v) is 2.83. The van der Waals surface area contributed by atoms with Gasteiger partial charge in [-0.3, -0.25) is 5.84 Å². The summed E-state index contributed by atoms with van der Waals surface area (Å²) < 4.78 is 5.26. The van der Waals surface area contributed by atoms with Crippen molar-refractivity contribution in [2.75, 3.05) is 5.43 Å². The maximum Gasteiger partial charge on any atom is 0.113 e. The first-order chi connectivity index (χ1) is 6.22. The Kier molecular flexibility index (Phi) is 3.34. The smallest absolute Gasteiger partial charge is 0.113 e. The van der Waals surface area contributed by atoms with Crippen molar-refractivity contribution in [2.45, 2.75) is 13.5 Å². The van der Waals surface area contributed by atoms with Crippen LogP contribution in [-0.4, -0.2) is 0 Å². The molecule has 0 radical (unpaired) electrons. The fourth-order valence-electron chi connectivity index (χ4n) is 0.904. The minimum absolute atomic E-state index is 0.556. The van der Waals surface area contributed by atoms with E-state index in [0.717, 1.165) is 17.0 Å². The van der Waals surface area contributed by atoms with Crippen molar-refractivity contribution in [1.82, 2.24) is 0 Å². The maximum atomic E-state index is 5.26. The minimum atomic E-state index is 0.556. The van der Waals surface area contributed by atoms with Crippen LogP contribution in [0.5, 0.6) is 0 Å². The Hall–Kier alpha value is -1.48. The van der Waals surface area contributed by atoms with E-state index >= 15 is 0 Å². The zero-order valence-corrected chi connectivity index (χ0v) is 7.71. The third-order valence-corrected chi connectivity index (χ3v) is 1.61. The molecule has 0 saturated carbocycles. The Labute approximate surface area is 78.2 Å². The standard InChI is InChI=1S/C10H14N2O/c1-8(2)13-7-9-3-5-10(12-11)6-4-9/h3-6,12H,1,7,11H2,2H3. The number of hydrazine groups is 1. The van der Waals surface area contributed by atoms with Gasteiger partial charge in [0.05, 0.1) is 5.76 Å². The summed E-state index contributed by atoms with van der Waals surface area (Å²) in [6, 6.07) is 7.71. The molecule has 0 fully saturated rings. The molecular weight excluding hydrogens is 164 g/mol. The molecule has 3 heteroatoms. The third kappa shape index (κ3) is 3.17. The average molecular weight is 178 g/mol. The van der Waals surface area contributed by atoms with Gasteiger partial charge in [0.15, 0.2) is 0 Å². The van der Waals surface area contributed by atoms with E-state index in [-0.39, 0.29) is 0 Å². The van der Waals surface area contributed by atoms with E-state index in [1.54, 1.807) is 0 Å². The summed E-state index contributed by atoms with van der Waals surface area (Å²) in [5.41, 5.74) is 4.55. The Morgan fingerprint density at radius 1 is 1.46 bits per heavy atom. The lowest BCUT2D eigenvalue weighted by molar-refractivity contribution is 0.202. The van der Waals surface area contributed by atoms with Crippen molar-refractivity contribution >= 4 is 5.69 Å². The van der Waals surface area contributed by atoms with Crippen LogP contribution < -0.4 is 11.3 Å². The van der Waals surface area contributed by atoms with Crippen molar-refractivity contribution < 1.29 is 4.74 Å². The Morgan fingerprint density at radius 3 is 2.54 bits per heavy atom. The highest BCUT2D eigenvalue weighted by molar-refractivity contribution is 5.43. The molecule has 0 heterocycles. The molecule has 0 aliphatic carbocycles. The molecule has 0 amide bonds. The molecule has 0 aliphatic rings. The van der Waals surface area contributed by atoms with Crippen molar-refractivity contribution in [3.8, 4) is 0 Å². The monoisotopic (exact) mass is 178 g/mol. The topological polar surface area (TPSA) is 47.3 Å². The molecule has 70 valence electrons. The lowest BCUT2D eigenvalue weighted by Gasteiger charge is -2.05. The molecule has 0 spiro atoms. The van der Waals surface area contributed by atoms with Crippen LogP contribution >= 0.6 is 0 Å². The highest BCUT2D eigenvalue weighted by atomic mass is 16.5. The number of hydrogen-bond acceptors (Lipinski definition) is 3. The summed E-state index contributed by atoms with van der Waals surface area (Å²) in [7, 11) is 0. The molecule has 3 N–H and O–H groups in total. The number of nitrogens with two attached hydrogens (primary N) is 1. The number of ether oxygens (including phenoxy) is 1. The molecule has 1 aromatic rings. The predicted octanol–water partition coefficient (Wildman–Crippen LogP) is 2.02. The van der Waals surface area contributed by atoms with E-state index in [2.05, 4.69) is 12.0 Å². The van der Waals surface area contributed by atoms with Crippen LogP contribution in [0.15, 0.2) is 36.6 Å². The summed E-state index contributed by atoms with van der Waals surface area (Å²) in [4.78, 5) is 0. The summed E-state index contributed by atoms with van der Waals surface area (Å²) in [6.07, 6.45) is 0. The summed E-state index contributed by atoms with van der Waals surface area (Å²) in [5.74, 6) is 5.95. The summed E-state index contributed by atoms with van der Waals surface area (Å²) in [6.45, 7) is 6.03. The van der Waals surface area contributed by atoms with Gasteiger partial charge in [-0.1, -0.05) is 18.7 Å². The second kappa shape index (κ2) is 4.52. The molecule has 0 aliphatic heterocycles. The lowest BCUT2D eigenvalue weighted by Crippen LogP contribution is -2.06. The Balaban J connectivity index is 2.54. The molecule has 3 nitrogen and oxygen atoms in total. The van der Waals surface area contributed by atoms with Crippen LogP contribution in [0, 0.1) is 0 Å². The van der Waals surface area contributed by atoms with E-state index in [1.165, 1.54) is 0 Å². The van der Waals surface area contributed by atoms with Gasteiger partial charge in [-0.15, -0.1) is 0 Å². The predicted molar refractivity (Wildman–Crippen MR) is 53.9 cm³/mol. The highest BCUT2D eigenvalue weighted by Crippen LogP contribution is 2.09. The molecule has 1 aromatic carbocycles. The molecule has 1 rings (SSSR count). The molecule has 0 atom stereocenters. The van der Waals surface area contributed by atoms with Crippen LogP contribution in [0.2, 0.25) is 0 Å². The van der Waals surface area contributed by atoms with Crippen molar-refractivity contribution in [3.63, 3.8) is 0 Å². The number of nitrogens with one attached hydrogen (secondary N) is 1. The normalized spacial score (nSPS) is 9.38. The Morgan fingerprint density at radius 2 is 2.08 bits per heavy atom. The average Bonchev–Trinajstić information content (AvgIpc) is 2.15. The molecule has 0 unspecified atom stereocenters. The number of allylic oxidation sites excluding steroid dienone is 1. The van der Waals surface area contributed by atoms with Gasteiger partial charge in [-0.05, 0) is 24.6 Å². The van der Waals surface area contributed by atoms with Crippen molar-refractivity contribution in [3.05, 3.63) is 42.2 Å². The molecule has 0 saturated heterocycles. The van der Waals surface area contributed by atoms with Gasteiger partial charge < -0.3 is 10.2 Å². The van der Waals surface area contributed by atoms with E-state index in [0.29, 0.717) is 6.61 Å². The Bertz CT molecular complexity index is 279. The van der Waals surface area contributed by atoms with E-state index < -0.39 is 0 Å². The van der Waals surface area contributed by atoms with Crippen molar-refractivity contribution in [2.24, 2.45) is 5.84 Å². The summed E-state index contributed by atoms with van der Waals surface area (Å²) in [5, 5.41) is 0. The minimum Gasteiger partial charge on any atom is -0.494 e. The highest BCUT2D eigenvalue weighted by Gasteiger charge is 1.93. The lowest BCUT2D eigenvalue weighted by atomic mass is 10.2. The van der Waals surface area contributed by atoms with Gasteiger partial charge in [0.25, 0.3) is 0 Å². The third-order valence-electron chi connectivity index (χ3n) is 1.61. The van der Waals surface area contributed by atoms with E-state index in [4.69, 9.17) is 10.6 Å². The van der Waals surface area contributed by atoms with Crippen LogP contribution in [0.4, 0.5) is 5.69 Å². The number of rotatable bonds is 4. The molecular formula is C10H14N2O. The van der Waals surface area contributed by atoms with Crippen LogP contribution in [0.3, 0.4) is 0 Å². The van der Waals surface area contributed by atoms with E-state index in [1.807, 2.05) is 31.2 Å². The first kappa shape index (κ1) is 9.61. The van der Waals surface area contributed by atoms with Crippen LogP contribution in [0.1, 0.15) is 12.5 Å². The summed E-state index contributed by atoms with van der Waals surface area (Å²) >= 11 is 0. The fourth-order valence-corrected chi connectivity index (χ4v) is 0.904. The van der Waals surface area contributed by atoms with E-state index in [9.17, 15) is 0 Å². The number of anilines is 1. The van der Waals surface area contributed by atoms with Gasteiger partial charge in [0.2, 0.25) is 0 Å². The zero-order valence-electron chi connectivity index (χ0n) is 7.71. The zero-order chi connectivity index (χ0) is 9.68. The van der Waals surface area contributed by atoms with Gasteiger partial charge in [-0.25, -0.2) is 0 Å². The number of nitrogen functional groups attached to an aromatic ring is 1. The maximum absolute atomic E-state index is 5.26.